The molecule has 0 aliphatic carbocycles. The van der Waals surface area contributed by atoms with Gasteiger partial charge in [0.05, 0.1) is 17.2 Å². The number of anilines is 1. The zero-order chi connectivity index (χ0) is 16.2. The Labute approximate surface area is 136 Å². The molecule has 0 saturated heterocycles. The Hall–Kier alpha value is -1.72. The lowest BCUT2D eigenvalue weighted by Gasteiger charge is -2.23. The van der Waals surface area contributed by atoms with Crippen LogP contribution in [0.1, 0.15) is 13.8 Å². The van der Waals surface area contributed by atoms with Crippen LogP contribution in [0, 0.1) is 0 Å². The number of benzene rings is 2. The number of nitrogens with zero attached hydrogens (tertiary/aromatic N) is 1. The third kappa shape index (κ3) is 3.54. The van der Waals surface area contributed by atoms with Gasteiger partial charge in [0.1, 0.15) is 5.75 Å². The first kappa shape index (κ1) is 16.6. The number of hydrogen-bond donors (Lipinski definition) is 0. The van der Waals surface area contributed by atoms with Crippen LogP contribution in [0.25, 0.3) is 0 Å². The van der Waals surface area contributed by atoms with Gasteiger partial charge < -0.3 is 4.74 Å². The average molecular weight is 340 g/mol. The topological polar surface area (TPSA) is 46.6 Å². The predicted octanol–water partition coefficient (Wildman–Crippen LogP) is 3.95. The Balaban J connectivity index is 2.42. The summed E-state index contributed by atoms with van der Waals surface area (Å²) in [7, 11) is -3.63. The monoisotopic (exact) mass is 339 g/mol. The van der Waals surface area contributed by atoms with E-state index in [2.05, 4.69) is 0 Å². The van der Waals surface area contributed by atoms with E-state index in [0.717, 1.165) is 0 Å². The molecule has 4 nitrogen and oxygen atoms in total. The Kier molecular flexibility index (Phi) is 5.32. The first-order chi connectivity index (χ1) is 10.5. The van der Waals surface area contributed by atoms with E-state index in [9.17, 15) is 8.42 Å². The fourth-order valence-corrected chi connectivity index (χ4v) is 3.71. The van der Waals surface area contributed by atoms with Gasteiger partial charge in [-0.05, 0) is 50.2 Å². The van der Waals surface area contributed by atoms with E-state index in [-0.39, 0.29) is 4.90 Å². The third-order valence-electron chi connectivity index (χ3n) is 3.11. The molecule has 22 heavy (non-hydrogen) atoms. The summed E-state index contributed by atoms with van der Waals surface area (Å²) in [5.74, 6) is 0.643. The van der Waals surface area contributed by atoms with Gasteiger partial charge in [0.15, 0.2) is 0 Å². The molecular formula is C16H18ClNO3S. The van der Waals surface area contributed by atoms with Gasteiger partial charge in [0.2, 0.25) is 0 Å². The van der Waals surface area contributed by atoms with Crippen LogP contribution in [0.15, 0.2) is 53.4 Å². The van der Waals surface area contributed by atoms with Crippen molar-refractivity contribution in [2.45, 2.75) is 18.7 Å². The van der Waals surface area contributed by atoms with Gasteiger partial charge in [-0.25, -0.2) is 8.42 Å². The number of halogens is 1. The molecule has 2 aromatic rings. The zero-order valence-corrected chi connectivity index (χ0v) is 14.1. The Bertz CT molecular complexity index is 729. The van der Waals surface area contributed by atoms with Gasteiger partial charge in [-0.2, -0.15) is 0 Å². The van der Waals surface area contributed by atoms with Crippen molar-refractivity contribution in [3.05, 3.63) is 53.6 Å². The van der Waals surface area contributed by atoms with E-state index in [1.807, 2.05) is 6.92 Å². The van der Waals surface area contributed by atoms with E-state index in [1.165, 1.54) is 16.4 Å². The van der Waals surface area contributed by atoms with Crippen LogP contribution in [-0.4, -0.2) is 21.6 Å². The lowest BCUT2D eigenvalue weighted by atomic mass is 10.3. The Morgan fingerprint density at radius 1 is 1.09 bits per heavy atom. The fraction of sp³-hybridized carbons (Fsp3) is 0.250. The molecule has 2 rings (SSSR count). The van der Waals surface area contributed by atoms with Crippen molar-refractivity contribution in [1.29, 1.82) is 0 Å². The van der Waals surface area contributed by atoms with Gasteiger partial charge in [0.25, 0.3) is 10.0 Å². The summed E-state index contributed by atoms with van der Waals surface area (Å²) in [5, 5.41) is 0.500. The van der Waals surface area contributed by atoms with Crippen LogP contribution < -0.4 is 9.04 Å². The second-order valence-corrected chi connectivity index (χ2v) is 6.85. The highest BCUT2D eigenvalue weighted by molar-refractivity contribution is 7.92. The summed E-state index contributed by atoms with van der Waals surface area (Å²) >= 11 is 5.82. The number of sulfonamides is 1. The van der Waals surface area contributed by atoms with Crippen molar-refractivity contribution >= 4 is 27.3 Å². The molecule has 0 spiro atoms. The second kappa shape index (κ2) is 7.03. The molecule has 118 valence electrons. The summed E-state index contributed by atoms with van der Waals surface area (Å²) in [6.07, 6.45) is 0. The minimum Gasteiger partial charge on any atom is -0.494 e. The summed E-state index contributed by atoms with van der Waals surface area (Å²) in [5.41, 5.74) is 0.573. The summed E-state index contributed by atoms with van der Waals surface area (Å²) in [4.78, 5) is 0.209. The molecule has 0 saturated carbocycles. The molecule has 0 aliphatic heterocycles. The van der Waals surface area contributed by atoms with Crippen LogP contribution in [0.2, 0.25) is 5.02 Å². The minimum absolute atomic E-state index is 0.209. The highest BCUT2D eigenvalue weighted by atomic mass is 35.5. The normalized spacial score (nSPS) is 11.2. The van der Waals surface area contributed by atoms with Crippen LogP contribution >= 0.6 is 11.6 Å². The number of hydrogen-bond acceptors (Lipinski definition) is 3. The molecule has 2 aromatic carbocycles. The Morgan fingerprint density at radius 3 is 2.36 bits per heavy atom. The van der Waals surface area contributed by atoms with Crippen molar-refractivity contribution in [3.8, 4) is 5.75 Å². The quantitative estimate of drug-likeness (QED) is 0.800. The van der Waals surface area contributed by atoms with Gasteiger partial charge in [-0.1, -0.05) is 17.7 Å². The second-order valence-electron chi connectivity index (χ2n) is 4.55. The standard InChI is InChI=1S/C16H18ClNO3S/c1-3-18(14-6-5-7-15(12-14)21-4-2)22(19,20)16-10-8-13(17)9-11-16/h5-12H,3-4H2,1-2H3. The molecule has 0 radical (unpaired) electrons. The summed E-state index contributed by atoms with van der Waals surface area (Å²) < 4.78 is 32.4. The number of ether oxygens (including phenoxy) is 1. The van der Waals surface area contributed by atoms with E-state index >= 15 is 0 Å². The van der Waals surface area contributed by atoms with Crippen molar-refractivity contribution in [2.24, 2.45) is 0 Å². The zero-order valence-electron chi connectivity index (χ0n) is 12.5. The maximum Gasteiger partial charge on any atom is 0.264 e. The minimum atomic E-state index is -3.63. The van der Waals surface area contributed by atoms with E-state index in [4.69, 9.17) is 16.3 Å². The van der Waals surface area contributed by atoms with Crippen LogP contribution in [-0.2, 0) is 10.0 Å². The molecule has 0 amide bonds. The molecule has 0 N–H and O–H groups in total. The average Bonchev–Trinajstić information content (AvgIpc) is 2.49. The van der Waals surface area contributed by atoms with Crippen LogP contribution in [0.5, 0.6) is 5.75 Å². The molecule has 0 unspecified atom stereocenters. The van der Waals surface area contributed by atoms with Crippen molar-refractivity contribution < 1.29 is 13.2 Å². The Morgan fingerprint density at radius 2 is 1.77 bits per heavy atom. The van der Waals surface area contributed by atoms with Gasteiger partial charge in [-0.15, -0.1) is 0 Å². The SMILES string of the molecule is CCOc1cccc(N(CC)S(=O)(=O)c2ccc(Cl)cc2)c1. The van der Waals surface area contributed by atoms with Gasteiger partial charge in [-0.3, -0.25) is 4.31 Å². The van der Waals surface area contributed by atoms with E-state index < -0.39 is 10.0 Å². The molecule has 0 bridgehead atoms. The van der Waals surface area contributed by atoms with Crippen molar-refractivity contribution in [1.82, 2.24) is 0 Å². The van der Waals surface area contributed by atoms with Crippen LogP contribution in [0.3, 0.4) is 0 Å². The highest BCUT2D eigenvalue weighted by Crippen LogP contribution is 2.27. The molecule has 0 heterocycles. The van der Waals surface area contributed by atoms with E-state index in [1.54, 1.807) is 43.3 Å². The lowest BCUT2D eigenvalue weighted by Crippen LogP contribution is -2.30. The van der Waals surface area contributed by atoms with E-state index in [0.29, 0.717) is 29.6 Å². The van der Waals surface area contributed by atoms with Gasteiger partial charge >= 0.3 is 0 Å². The summed E-state index contributed by atoms with van der Waals surface area (Å²) in [6.45, 7) is 4.52. The molecule has 0 fully saturated rings. The first-order valence-corrected chi connectivity index (χ1v) is 8.82. The third-order valence-corrected chi connectivity index (χ3v) is 5.27. The molecule has 6 heteroatoms. The smallest absolute Gasteiger partial charge is 0.264 e. The van der Waals surface area contributed by atoms with Crippen LogP contribution in [0.4, 0.5) is 5.69 Å². The molecule has 0 aliphatic rings. The molecule has 0 atom stereocenters. The lowest BCUT2D eigenvalue weighted by molar-refractivity contribution is 0.340. The summed E-state index contributed by atoms with van der Waals surface area (Å²) in [6, 6.07) is 13.2. The molecular weight excluding hydrogens is 322 g/mol. The predicted molar refractivity (Wildman–Crippen MR) is 89.3 cm³/mol. The maximum absolute atomic E-state index is 12.8. The highest BCUT2D eigenvalue weighted by Gasteiger charge is 2.23. The maximum atomic E-state index is 12.8. The fourth-order valence-electron chi connectivity index (χ4n) is 2.12. The van der Waals surface area contributed by atoms with Crippen molar-refractivity contribution in [2.75, 3.05) is 17.5 Å². The number of rotatable bonds is 6. The molecule has 0 aromatic heterocycles. The first-order valence-electron chi connectivity index (χ1n) is 7.00. The largest absolute Gasteiger partial charge is 0.494 e. The van der Waals surface area contributed by atoms with Gasteiger partial charge in [0, 0.05) is 17.6 Å². The van der Waals surface area contributed by atoms with Crippen molar-refractivity contribution in [3.63, 3.8) is 0 Å².